The summed E-state index contributed by atoms with van der Waals surface area (Å²) < 4.78 is 0.927. The van der Waals surface area contributed by atoms with E-state index >= 15 is 0 Å². The molecule has 1 heterocycles. The van der Waals surface area contributed by atoms with Gasteiger partial charge in [-0.25, -0.2) is 0 Å². The maximum absolute atomic E-state index is 12.2. The van der Waals surface area contributed by atoms with Gasteiger partial charge in [-0.05, 0) is 17.7 Å². The predicted octanol–water partition coefficient (Wildman–Crippen LogP) is 2.98. The van der Waals surface area contributed by atoms with Crippen LogP contribution in [0, 0.1) is 11.3 Å². The molecule has 0 saturated heterocycles. The summed E-state index contributed by atoms with van der Waals surface area (Å²) in [6.45, 7) is 4.13. The summed E-state index contributed by atoms with van der Waals surface area (Å²) in [4.78, 5) is 13.8. The van der Waals surface area contributed by atoms with Crippen LogP contribution in [0.4, 0.5) is 5.69 Å². The summed E-state index contributed by atoms with van der Waals surface area (Å²) in [6, 6.07) is 7.79. The third kappa shape index (κ3) is 1.98. The van der Waals surface area contributed by atoms with E-state index in [1.54, 1.807) is 11.0 Å². The lowest BCUT2D eigenvalue weighted by molar-refractivity contribution is -0.119. The molecule has 1 amide bonds. The summed E-state index contributed by atoms with van der Waals surface area (Å²) in [5.74, 6) is -0.345. The fourth-order valence-electron chi connectivity index (χ4n) is 2.09. The highest BCUT2D eigenvalue weighted by molar-refractivity contribution is 9.10. The Morgan fingerprint density at radius 2 is 2.35 bits per heavy atom. The summed E-state index contributed by atoms with van der Waals surface area (Å²) in [6.07, 6.45) is 1.92. The Balaban J connectivity index is 2.49. The minimum Gasteiger partial charge on any atom is -0.308 e. The average Bonchev–Trinajstić information content (AvgIpc) is 2.55. The zero-order valence-corrected chi connectivity index (χ0v) is 10.8. The van der Waals surface area contributed by atoms with Crippen molar-refractivity contribution >= 4 is 27.5 Å². The van der Waals surface area contributed by atoms with Crippen LogP contribution < -0.4 is 4.90 Å². The molecule has 0 aliphatic carbocycles. The van der Waals surface area contributed by atoms with Crippen molar-refractivity contribution in [2.75, 3.05) is 11.4 Å². The monoisotopic (exact) mass is 290 g/mol. The average molecular weight is 291 g/mol. The van der Waals surface area contributed by atoms with E-state index in [2.05, 4.69) is 28.6 Å². The smallest absolute Gasteiger partial charge is 0.235 e. The SMILES string of the molecule is C=CCN1C(=O)C(CC#N)c2ccc(Br)cc21. The summed E-state index contributed by atoms with van der Waals surface area (Å²) in [5, 5.41) is 8.79. The predicted molar refractivity (Wildman–Crippen MR) is 69.7 cm³/mol. The van der Waals surface area contributed by atoms with Gasteiger partial charge in [-0.1, -0.05) is 28.1 Å². The zero-order chi connectivity index (χ0) is 12.4. The molecular formula is C13H11BrN2O. The molecule has 1 unspecified atom stereocenters. The lowest BCUT2D eigenvalue weighted by Crippen LogP contribution is -2.28. The van der Waals surface area contributed by atoms with E-state index in [9.17, 15) is 4.79 Å². The van der Waals surface area contributed by atoms with Crippen molar-refractivity contribution in [1.82, 2.24) is 0 Å². The van der Waals surface area contributed by atoms with Crippen molar-refractivity contribution in [3.63, 3.8) is 0 Å². The molecule has 1 aromatic carbocycles. The van der Waals surface area contributed by atoms with Crippen molar-refractivity contribution in [2.24, 2.45) is 0 Å². The van der Waals surface area contributed by atoms with Gasteiger partial charge in [-0.3, -0.25) is 4.79 Å². The van der Waals surface area contributed by atoms with Crippen LogP contribution in [0.1, 0.15) is 17.9 Å². The van der Waals surface area contributed by atoms with E-state index < -0.39 is 0 Å². The summed E-state index contributed by atoms with van der Waals surface area (Å²) in [7, 11) is 0. The number of carbonyl (C=O) groups is 1. The van der Waals surface area contributed by atoms with Crippen molar-refractivity contribution < 1.29 is 4.79 Å². The Morgan fingerprint density at radius 1 is 1.59 bits per heavy atom. The highest BCUT2D eigenvalue weighted by Crippen LogP contribution is 2.40. The molecule has 0 radical (unpaired) electrons. The quantitative estimate of drug-likeness (QED) is 0.804. The van der Waals surface area contributed by atoms with Crippen LogP contribution in [0.25, 0.3) is 0 Å². The first-order chi connectivity index (χ1) is 8.19. The van der Waals surface area contributed by atoms with Gasteiger partial charge < -0.3 is 4.90 Å². The van der Waals surface area contributed by atoms with E-state index in [0.29, 0.717) is 6.54 Å². The van der Waals surface area contributed by atoms with Crippen molar-refractivity contribution in [3.8, 4) is 6.07 Å². The van der Waals surface area contributed by atoms with Gasteiger partial charge in [0, 0.05) is 16.7 Å². The highest BCUT2D eigenvalue weighted by Gasteiger charge is 2.36. The highest BCUT2D eigenvalue weighted by atomic mass is 79.9. The number of hydrogen-bond acceptors (Lipinski definition) is 2. The standard InChI is InChI=1S/C13H11BrN2O/c1-2-7-16-12-8-9(14)3-4-10(12)11(5-6-15)13(16)17/h2-4,8,11H,1,5,7H2. The van der Waals surface area contributed by atoms with Crippen LogP contribution in [-0.4, -0.2) is 12.5 Å². The second-order valence-electron chi connectivity index (χ2n) is 3.86. The number of anilines is 1. The molecule has 0 N–H and O–H groups in total. The molecule has 2 rings (SSSR count). The number of rotatable bonds is 3. The zero-order valence-electron chi connectivity index (χ0n) is 9.19. The van der Waals surface area contributed by atoms with E-state index in [1.807, 2.05) is 18.2 Å². The van der Waals surface area contributed by atoms with Crippen molar-refractivity contribution in [2.45, 2.75) is 12.3 Å². The van der Waals surface area contributed by atoms with Crippen LogP contribution in [-0.2, 0) is 4.79 Å². The first-order valence-corrected chi connectivity index (χ1v) is 6.07. The molecule has 1 aliphatic rings. The van der Waals surface area contributed by atoms with Gasteiger partial charge in [0.25, 0.3) is 0 Å². The number of amides is 1. The van der Waals surface area contributed by atoms with Crippen LogP contribution in [0.5, 0.6) is 0 Å². The molecule has 86 valence electrons. The van der Waals surface area contributed by atoms with Gasteiger partial charge >= 0.3 is 0 Å². The van der Waals surface area contributed by atoms with Gasteiger partial charge in [0.2, 0.25) is 5.91 Å². The molecule has 3 nitrogen and oxygen atoms in total. The van der Waals surface area contributed by atoms with Crippen LogP contribution in [0.15, 0.2) is 35.3 Å². The van der Waals surface area contributed by atoms with E-state index in [4.69, 9.17) is 5.26 Å². The second-order valence-corrected chi connectivity index (χ2v) is 4.77. The van der Waals surface area contributed by atoms with Crippen LogP contribution in [0.2, 0.25) is 0 Å². The van der Waals surface area contributed by atoms with Gasteiger partial charge in [0.1, 0.15) is 0 Å². The van der Waals surface area contributed by atoms with Gasteiger partial charge in [0.05, 0.1) is 18.4 Å². The number of hydrogen-bond donors (Lipinski definition) is 0. The minimum absolute atomic E-state index is 0.0143. The fourth-order valence-corrected chi connectivity index (χ4v) is 2.44. The Bertz CT molecular complexity index is 519. The third-order valence-electron chi connectivity index (χ3n) is 2.83. The Hall–Kier alpha value is -1.60. The molecule has 0 aromatic heterocycles. The van der Waals surface area contributed by atoms with E-state index in [1.165, 1.54) is 0 Å². The van der Waals surface area contributed by atoms with Gasteiger partial charge in [-0.2, -0.15) is 5.26 Å². The normalized spacial score (nSPS) is 17.8. The summed E-state index contributed by atoms with van der Waals surface area (Å²) in [5.41, 5.74) is 1.81. The Kier molecular flexibility index (Phi) is 3.30. The lowest BCUT2D eigenvalue weighted by Gasteiger charge is -2.15. The van der Waals surface area contributed by atoms with Crippen LogP contribution in [0.3, 0.4) is 0 Å². The topological polar surface area (TPSA) is 44.1 Å². The number of benzene rings is 1. The molecular weight excluding hydrogens is 280 g/mol. The van der Waals surface area contributed by atoms with E-state index in [-0.39, 0.29) is 18.2 Å². The number of halogens is 1. The molecule has 4 heteroatoms. The molecule has 0 saturated carbocycles. The fraction of sp³-hybridized carbons (Fsp3) is 0.231. The molecule has 17 heavy (non-hydrogen) atoms. The third-order valence-corrected chi connectivity index (χ3v) is 3.32. The maximum Gasteiger partial charge on any atom is 0.235 e. The number of fused-ring (bicyclic) bond motifs is 1. The Morgan fingerprint density at radius 3 is 3.00 bits per heavy atom. The largest absolute Gasteiger partial charge is 0.308 e. The van der Waals surface area contributed by atoms with Crippen LogP contribution >= 0.6 is 15.9 Å². The molecule has 1 atom stereocenters. The van der Waals surface area contributed by atoms with Crippen molar-refractivity contribution in [3.05, 3.63) is 40.9 Å². The minimum atomic E-state index is -0.331. The molecule has 0 fully saturated rings. The van der Waals surface area contributed by atoms with E-state index in [0.717, 1.165) is 15.7 Å². The summed E-state index contributed by atoms with van der Waals surface area (Å²) >= 11 is 3.39. The van der Waals surface area contributed by atoms with Crippen molar-refractivity contribution in [1.29, 1.82) is 5.26 Å². The lowest BCUT2D eigenvalue weighted by atomic mass is 9.98. The van der Waals surface area contributed by atoms with Gasteiger partial charge in [0.15, 0.2) is 0 Å². The maximum atomic E-state index is 12.2. The first-order valence-electron chi connectivity index (χ1n) is 5.27. The molecule has 1 aliphatic heterocycles. The number of carbonyl (C=O) groups excluding carboxylic acids is 1. The molecule has 0 spiro atoms. The Labute approximate surface area is 108 Å². The van der Waals surface area contributed by atoms with Gasteiger partial charge in [-0.15, -0.1) is 6.58 Å². The molecule has 0 bridgehead atoms. The molecule has 1 aromatic rings. The number of nitriles is 1. The second kappa shape index (κ2) is 4.72. The first kappa shape index (κ1) is 11.9. The number of nitrogens with zero attached hydrogens (tertiary/aromatic N) is 2.